The smallest absolute Gasteiger partial charge is 0.415 e. The van der Waals surface area contributed by atoms with Crippen molar-refractivity contribution in [3.8, 4) is 5.75 Å². The van der Waals surface area contributed by atoms with Gasteiger partial charge >= 0.3 is 6.09 Å². The molecule has 19 heavy (non-hydrogen) atoms. The van der Waals surface area contributed by atoms with Gasteiger partial charge < -0.3 is 9.47 Å². The summed E-state index contributed by atoms with van der Waals surface area (Å²) in [6.45, 7) is 9.99. The van der Waals surface area contributed by atoms with Gasteiger partial charge in [0.1, 0.15) is 11.4 Å². The Balaban J connectivity index is 2.32. The fourth-order valence-electron chi connectivity index (χ4n) is 2.00. The standard InChI is InChI=1S/C15H19NO3/c1-10-9-16(14(17)19-15(2,3)4)13-8-11(18-5)6-7-12(10)13/h6-8H,1,9H2,2-5H3. The molecule has 0 N–H and O–H groups in total. The highest BCUT2D eigenvalue weighted by molar-refractivity contribution is 5.99. The average Bonchev–Trinajstić information content (AvgIpc) is 2.64. The summed E-state index contributed by atoms with van der Waals surface area (Å²) in [5, 5.41) is 0. The third kappa shape index (κ3) is 2.72. The molecule has 102 valence electrons. The van der Waals surface area contributed by atoms with E-state index in [4.69, 9.17) is 9.47 Å². The highest BCUT2D eigenvalue weighted by atomic mass is 16.6. The van der Waals surface area contributed by atoms with Gasteiger partial charge in [-0.3, -0.25) is 4.90 Å². The van der Waals surface area contributed by atoms with E-state index in [1.54, 1.807) is 12.0 Å². The number of anilines is 1. The van der Waals surface area contributed by atoms with Crippen LogP contribution in [-0.4, -0.2) is 25.3 Å². The maximum atomic E-state index is 12.2. The molecule has 1 heterocycles. The van der Waals surface area contributed by atoms with E-state index in [-0.39, 0.29) is 6.09 Å². The first-order valence-corrected chi connectivity index (χ1v) is 6.18. The Hall–Kier alpha value is -1.97. The Bertz CT molecular complexity index is 529. The fraction of sp³-hybridized carbons (Fsp3) is 0.400. The van der Waals surface area contributed by atoms with Crippen molar-refractivity contribution < 1.29 is 14.3 Å². The molecular weight excluding hydrogens is 242 g/mol. The molecule has 0 aromatic heterocycles. The number of carbonyl (C=O) groups is 1. The molecule has 0 spiro atoms. The van der Waals surface area contributed by atoms with Gasteiger partial charge in [0.15, 0.2) is 0 Å². The van der Waals surface area contributed by atoms with Crippen LogP contribution in [0.1, 0.15) is 26.3 Å². The Kier molecular flexibility index (Phi) is 3.27. The summed E-state index contributed by atoms with van der Waals surface area (Å²) < 4.78 is 10.6. The first-order valence-electron chi connectivity index (χ1n) is 6.18. The molecule has 2 rings (SSSR count). The van der Waals surface area contributed by atoms with Crippen LogP contribution in [0, 0.1) is 0 Å². The number of methoxy groups -OCH3 is 1. The lowest BCUT2D eigenvalue weighted by molar-refractivity contribution is 0.0586. The first kappa shape index (κ1) is 13.5. The van der Waals surface area contributed by atoms with E-state index in [0.717, 1.165) is 16.8 Å². The largest absolute Gasteiger partial charge is 0.497 e. The Morgan fingerprint density at radius 3 is 2.63 bits per heavy atom. The van der Waals surface area contributed by atoms with E-state index in [0.29, 0.717) is 12.3 Å². The molecule has 4 heteroatoms. The number of carbonyl (C=O) groups excluding carboxylic acids is 1. The number of fused-ring (bicyclic) bond motifs is 1. The molecule has 1 aromatic carbocycles. The van der Waals surface area contributed by atoms with Crippen molar-refractivity contribution in [3.05, 3.63) is 30.3 Å². The number of rotatable bonds is 1. The van der Waals surface area contributed by atoms with Crippen LogP contribution in [0.3, 0.4) is 0 Å². The summed E-state index contributed by atoms with van der Waals surface area (Å²) in [6, 6.07) is 5.61. The number of amides is 1. The highest BCUT2D eigenvalue weighted by Crippen LogP contribution is 2.37. The molecule has 1 aliphatic rings. The van der Waals surface area contributed by atoms with Crippen molar-refractivity contribution in [2.24, 2.45) is 0 Å². The number of ether oxygens (including phenoxy) is 2. The summed E-state index contributed by atoms with van der Waals surface area (Å²) in [6.07, 6.45) is -0.361. The molecule has 0 aliphatic carbocycles. The predicted octanol–water partition coefficient (Wildman–Crippen LogP) is 3.46. The van der Waals surface area contributed by atoms with Crippen molar-refractivity contribution in [1.82, 2.24) is 0 Å². The van der Waals surface area contributed by atoms with Gasteiger partial charge in [0.25, 0.3) is 0 Å². The van der Waals surface area contributed by atoms with E-state index in [9.17, 15) is 4.79 Å². The SMILES string of the molecule is C=C1CN(C(=O)OC(C)(C)C)c2cc(OC)ccc21. The van der Waals surface area contributed by atoms with Crippen molar-refractivity contribution in [2.75, 3.05) is 18.6 Å². The summed E-state index contributed by atoms with van der Waals surface area (Å²) >= 11 is 0. The Labute approximate surface area is 113 Å². The quantitative estimate of drug-likeness (QED) is 0.777. The molecule has 0 unspecified atom stereocenters. The van der Waals surface area contributed by atoms with Gasteiger partial charge in [-0.15, -0.1) is 0 Å². The van der Waals surface area contributed by atoms with Gasteiger partial charge in [-0.1, -0.05) is 6.58 Å². The molecule has 4 nitrogen and oxygen atoms in total. The third-order valence-corrected chi connectivity index (χ3v) is 2.84. The van der Waals surface area contributed by atoms with Crippen LogP contribution in [0.4, 0.5) is 10.5 Å². The third-order valence-electron chi connectivity index (χ3n) is 2.84. The molecule has 0 atom stereocenters. The summed E-state index contributed by atoms with van der Waals surface area (Å²) in [5.74, 6) is 0.710. The molecule has 0 fully saturated rings. The van der Waals surface area contributed by atoms with Crippen LogP contribution < -0.4 is 9.64 Å². The molecule has 0 bridgehead atoms. The second-order valence-electron chi connectivity index (χ2n) is 5.55. The predicted molar refractivity (Wildman–Crippen MR) is 75.6 cm³/mol. The summed E-state index contributed by atoms with van der Waals surface area (Å²) in [4.78, 5) is 13.8. The lowest BCUT2D eigenvalue weighted by Crippen LogP contribution is -2.35. The summed E-state index contributed by atoms with van der Waals surface area (Å²) in [5.41, 5.74) is 2.15. The monoisotopic (exact) mass is 261 g/mol. The van der Waals surface area contributed by atoms with Gasteiger partial charge in [-0.05, 0) is 38.5 Å². The molecule has 0 radical (unpaired) electrons. The minimum atomic E-state index is -0.514. The first-order chi connectivity index (χ1) is 8.81. The minimum absolute atomic E-state index is 0.361. The van der Waals surface area contributed by atoms with Crippen LogP contribution in [0.2, 0.25) is 0 Å². The van der Waals surface area contributed by atoms with E-state index in [1.807, 2.05) is 39.0 Å². The van der Waals surface area contributed by atoms with E-state index < -0.39 is 5.60 Å². The van der Waals surface area contributed by atoms with E-state index in [1.165, 1.54) is 0 Å². The van der Waals surface area contributed by atoms with Crippen LogP contribution in [0.25, 0.3) is 5.57 Å². The second kappa shape index (κ2) is 4.61. The van der Waals surface area contributed by atoms with Gasteiger partial charge in [-0.25, -0.2) is 4.79 Å². The van der Waals surface area contributed by atoms with Crippen LogP contribution in [-0.2, 0) is 4.74 Å². The van der Waals surface area contributed by atoms with Crippen LogP contribution >= 0.6 is 0 Å². The molecule has 1 aliphatic heterocycles. The van der Waals surface area contributed by atoms with Gasteiger partial charge in [0, 0.05) is 11.6 Å². The molecule has 1 aromatic rings. The zero-order valence-electron chi connectivity index (χ0n) is 11.8. The van der Waals surface area contributed by atoms with Crippen molar-refractivity contribution in [1.29, 1.82) is 0 Å². The van der Waals surface area contributed by atoms with Gasteiger partial charge in [0.05, 0.1) is 19.3 Å². The van der Waals surface area contributed by atoms with Crippen molar-refractivity contribution >= 4 is 17.4 Å². The van der Waals surface area contributed by atoms with Crippen molar-refractivity contribution in [3.63, 3.8) is 0 Å². The maximum absolute atomic E-state index is 12.2. The minimum Gasteiger partial charge on any atom is -0.497 e. The summed E-state index contributed by atoms with van der Waals surface area (Å²) in [7, 11) is 1.60. The molecule has 0 saturated carbocycles. The lowest BCUT2D eigenvalue weighted by Gasteiger charge is -2.24. The number of hydrogen-bond acceptors (Lipinski definition) is 3. The Morgan fingerprint density at radius 1 is 1.37 bits per heavy atom. The molecule has 1 amide bonds. The number of benzene rings is 1. The Morgan fingerprint density at radius 2 is 2.05 bits per heavy atom. The zero-order chi connectivity index (χ0) is 14.2. The topological polar surface area (TPSA) is 38.8 Å². The van der Waals surface area contributed by atoms with Crippen LogP contribution in [0.15, 0.2) is 24.8 Å². The molecule has 0 saturated heterocycles. The highest BCUT2D eigenvalue weighted by Gasteiger charge is 2.31. The van der Waals surface area contributed by atoms with Gasteiger partial charge in [-0.2, -0.15) is 0 Å². The number of hydrogen-bond donors (Lipinski definition) is 0. The normalized spacial score (nSPS) is 14.3. The maximum Gasteiger partial charge on any atom is 0.415 e. The van der Waals surface area contributed by atoms with E-state index in [2.05, 4.69) is 6.58 Å². The number of nitrogens with zero attached hydrogens (tertiary/aromatic N) is 1. The zero-order valence-corrected chi connectivity index (χ0v) is 11.8. The lowest BCUT2D eigenvalue weighted by atomic mass is 10.1. The fourth-order valence-corrected chi connectivity index (χ4v) is 2.00. The van der Waals surface area contributed by atoms with Gasteiger partial charge in [0.2, 0.25) is 0 Å². The molecular formula is C15H19NO3. The van der Waals surface area contributed by atoms with E-state index >= 15 is 0 Å². The van der Waals surface area contributed by atoms with Crippen molar-refractivity contribution in [2.45, 2.75) is 26.4 Å². The average molecular weight is 261 g/mol. The van der Waals surface area contributed by atoms with Crippen LogP contribution in [0.5, 0.6) is 5.75 Å². The second-order valence-corrected chi connectivity index (χ2v) is 5.55.